The minimum Gasteiger partial charge on any atom is -0.339 e. The van der Waals surface area contributed by atoms with Crippen molar-refractivity contribution in [3.05, 3.63) is 53.8 Å². The normalized spacial score (nSPS) is 20.1. The highest BCUT2D eigenvalue weighted by atomic mass is 16.5. The van der Waals surface area contributed by atoms with Crippen molar-refractivity contribution < 1.29 is 9.32 Å². The third-order valence-corrected chi connectivity index (χ3v) is 5.51. The molecule has 27 heavy (non-hydrogen) atoms. The molecule has 5 rings (SSSR count). The summed E-state index contributed by atoms with van der Waals surface area (Å²) in [6, 6.07) is 11.7. The van der Waals surface area contributed by atoms with Crippen LogP contribution in [0.1, 0.15) is 53.8 Å². The van der Waals surface area contributed by atoms with Gasteiger partial charge in [-0.2, -0.15) is 4.98 Å². The Bertz CT molecular complexity index is 979. The molecule has 0 spiro atoms. The first-order valence-electron chi connectivity index (χ1n) is 9.74. The standard InChI is InChI=1S/C21H22N4O2/c26-21(18-10-9-15-5-1-2-6-17(15)22-18)25-11-3-4-14(13-25)12-19-23-20(24-27-19)16-7-8-16/h1-2,5-6,9-10,14,16H,3-4,7-8,11-13H2. The summed E-state index contributed by atoms with van der Waals surface area (Å²) in [5, 5.41) is 5.15. The first kappa shape index (κ1) is 16.4. The van der Waals surface area contributed by atoms with Crippen molar-refractivity contribution in [3.63, 3.8) is 0 Å². The number of fused-ring (bicyclic) bond motifs is 1. The Morgan fingerprint density at radius 2 is 2.00 bits per heavy atom. The molecule has 138 valence electrons. The van der Waals surface area contributed by atoms with Gasteiger partial charge >= 0.3 is 0 Å². The second kappa shape index (κ2) is 6.76. The van der Waals surface area contributed by atoms with Gasteiger partial charge in [0.15, 0.2) is 5.82 Å². The molecule has 3 heterocycles. The molecule has 0 radical (unpaired) electrons. The molecule has 1 amide bonds. The van der Waals surface area contributed by atoms with E-state index < -0.39 is 0 Å². The third kappa shape index (κ3) is 3.44. The van der Waals surface area contributed by atoms with Gasteiger partial charge < -0.3 is 9.42 Å². The van der Waals surface area contributed by atoms with E-state index in [-0.39, 0.29) is 5.91 Å². The Morgan fingerprint density at radius 1 is 1.11 bits per heavy atom. The summed E-state index contributed by atoms with van der Waals surface area (Å²) in [5.41, 5.74) is 1.37. The number of carbonyl (C=O) groups is 1. The number of nitrogens with zero attached hydrogens (tertiary/aromatic N) is 4. The van der Waals surface area contributed by atoms with Crippen LogP contribution in [0.2, 0.25) is 0 Å². The molecule has 1 saturated carbocycles. The van der Waals surface area contributed by atoms with Gasteiger partial charge in [0.25, 0.3) is 5.91 Å². The van der Waals surface area contributed by atoms with Crippen molar-refractivity contribution in [3.8, 4) is 0 Å². The number of pyridine rings is 1. The number of rotatable bonds is 4. The van der Waals surface area contributed by atoms with E-state index >= 15 is 0 Å². The first-order valence-corrected chi connectivity index (χ1v) is 9.74. The number of para-hydroxylation sites is 1. The van der Waals surface area contributed by atoms with Crippen molar-refractivity contribution >= 4 is 16.8 Å². The molecule has 1 atom stereocenters. The monoisotopic (exact) mass is 362 g/mol. The lowest BCUT2D eigenvalue weighted by atomic mass is 9.94. The average molecular weight is 362 g/mol. The third-order valence-electron chi connectivity index (χ3n) is 5.51. The lowest BCUT2D eigenvalue weighted by molar-refractivity contribution is 0.0662. The zero-order valence-corrected chi connectivity index (χ0v) is 15.2. The van der Waals surface area contributed by atoms with Crippen LogP contribution in [0, 0.1) is 5.92 Å². The van der Waals surface area contributed by atoms with Crippen LogP contribution < -0.4 is 0 Å². The van der Waals surface area contributed by atoms with Crippen molar-refractivity contribution in [1.82, 2.24) is 20.0 Å². The maximum atomic E-state index is 13.0. The highest BCUT2D eigenvalue weighted by Gasteiger charge is 2.30. The van der Waals surface area contributed by atoms with Gasteiger partial charge in [-0.15, -0.1) is 0 Å². The molecular weight excluding hydrogens is 340 g/mol. The van der Waals surface area contributed by atoms with Crippen molar-refractivity contribution in [2.75, 3.05) is 13.1 Å². The molecule has 1 unspecified atom stereocenters. The predicted molar refractivity (Wildman–Crippen MR) is 100 cm³/mol. The molecule has 1 aromatic carbocycles. The number of hydrogen-bond donors (Lipinski definition) is 0. The van der Waals surface area contributed by atoms with Crippen molar-refractivity contribution in [2.24, 2.45) is 5.92 Å². The fourth-order valence-electron chi connectivity index (χ4n) is 3.87. The maximum Gasteiger partial charge on any atom is 0.272 e. The number of benzene rings is 1. The van der Waals surface area contributed by atoms with Crippen molar-refractivity contribution in [1.29, 1.82) is 0 Å². The number of piperidine rings is 1. The van der Waals surface area contributed by atoms with E-state index in [1.54, 1.807) is 0 Å². The minimum atomic E-state index is 0.00894. The van der Waals surface area contributed by atoms with E-state index in [0.717, 1.165) is 42.5 Å². The van der Waals surface area contributed by atoms with E-state index in [2.05, 4.69) is 15.1 Å². The summed E-state index contributed by atoms with van der Waals surface area (Å²) in [6.45, 7) is 1.50. The summed E-state index contributed by atoms with van der Waals surface area (Å²) in [4.78, 5) is 24.0. The Hall–Kier alpha value is -2.76. The van der Waals surface area contributed by atoms with Crippen LogP contribution in [0.4, 0.5) is 0 Å². The minimum absolute atomic E-state index is 0.00894. The van der Waals surface area contributed by atoms with Gasteiger partial charge in [-0.1, -0.05) is 29.4 Å². The Morgan fingerprint density at radius 3 is 2.89 bits per heavy atom. The average Bonchev–Trinajstić information content (AvgIpc) is 3.47. The van der Waals surface area contributed by atoms with Crippen molar-refractivity contribution in [2.45, 2.75) is 38.0 Å². The van der Waals surface area contributed by atoms with Crippen LogP contribution in [0.5, 0.6) is 0 Å². The number of aromatic nitrogens is 3. The maximum absolute atomic E-state index is 13.0. The largest absolute Gasteiger partial charge is 0.339 e. The lowest BCUT2D eigenvalue weighted by Gasteiger charge is -2.32. The van der Waals surface area contributed by atoms with Crippen LogP contribution in [0.3, 0.4) is 0 Å². The van der Waals surface area contributed by atoms with Gasteiger partial charge in [-0.05, 0) is 43.7 Å². The molecular formula is C21H22N4O2. The molecule has 1 aliphatic carbocycles. The second-order valence-electron chi connectivity index (χ2n) is 7.67. The summed E-state index contributed by atoms with van der Waals surface area (Å²) in [7, 11) is 0. The smallest absolute Gasteiger partial charge is 0.272 e. The van der Waals surface area contributed by atoms with Crippen LogP contribution in [0.25, 0.3) is 10.9 Å². The zero-order valence-electron chi connectivity index (χ0n) is 15.2. The van der Waals surface area contributed by atoms with Gasteiger partial charge in [0.2, 0.25) is 5.89 Å². The summed E-state index contributed by atoms with van der Waals surface area (Å²) in [5.74, 6) is 2.44. The van der Waals surface area contributed by atoms with Crippen LogP contribution in [-0.4, -0.2) is 39.0 Å². The number of hydrogen-bond acceptors (Lipinski definition) is 5. The Labute approximate surface area is 157 Å². The predicted octanol–water partition coefficient (Wildman–Crippen LogP) is 3.59. The molecule has 0 N–H and O–H groups in total. The van der Waals surface area contributed by atoms with E-state index in [9.17, 15) is 4.79 Å². The summed E-state index contributed by atoms with van der Waals surface area (Å²) >= 11 is 0. The van der Waals surface area contributed by atoms with Gasteiger partial charge in [0.1, 0.15) is 5.69 Å². The number of carbonyl (C=O) groups excluding carboxylic acids is 1. The van der Waals surface area contributed by atoms with Gasteiger partial charge in [0.05, 0.1) is 5.52 Å². The van der Waals surface area contributed by atoms with Crippen LogP contribution in [0.15, 0.2) is 40.9 Å². The first-order chi connectivity index (χ1) is 13.3. The van der Waals surface area contributed by atoms with E-state index in [4.69, 9.17) is 4.52 Å². The molecule has 1 saturated heterocycles. The highest BCUT2D eigenvalue weighted by Crippen LogP contribution is 2.38. The van der Waals surface area contributed by atoms with E-state index in [0.29, 0.717) is 30.0 Å². The lowest BCUT2D eigenvalue weighted by Crippen LogP contribution is -2.40. The Kier molecular flexibility index (Phi) is 4.11. The number of amides is 1. The van der Waals surface area contributed by atoms with E-state index in [1.165, 1.54) is 12.8 Å². The number of likely N-dealkylation sites (tertiary alicyclic amines) is 1. The topological polar surface area (TPSA) is 72.1 Å². The summed E-state index contributed by atoms with van der Waals surface area (Å²) < 4.78 is 5.42. The molecule has 1 aliphatic heterocycles. The molecule has 6 heteroatoms. The zero-order chi connectivity index (χ0) is 18.2. The van der Waals surface area contributed by atoms with Crippen LogP contribution >= 0.6 is 0 Å². The molecule has 2 aliphatic rings. The highest BCUT2D eigenvalue weighted by molar-refractivity contribution is 5.95. The molecule has 6 nitrogen and oxygen atoms in total. The fraction of sp³-hybridized carbons (Fsp3) is 0.429. The molecule has 3 aromatic rings. The van der Waals surface area contributed by atoms with Gasteiger partial charge in [-0.3, -0.25) is 4.79 Å². The van der Waals surface area contributed by atoms with Gasteiger partial charge in [0, 0.05) is 30.8 Å². The molecule has 2 aromatic heterocycles. The summed E-state index contributed by atoms with van der Waals surface area (Å²) in [6.07, 6.45) is 5.16. The van der Waals surface area contributed by atoms with Gasteiger partial charge in [-0.25, -0.2) is 4.98 Å². The Balaban J connectivity index is 1.28. The van der Waals surface area contributed by atoms with E-state index in [1.807, 2.05) is 41.3 Å². The SMILES string of the molecule is O=C(c1ccc2ccccc2n1)N1CCCC(Cc2nc(C3CC3)no2)C1. The quantitative estimate of drug-likeness (QED) is 0.709. The fourth-order valence-corrected chi connectivity index (χ4v) is 3.87. The molecule has 2 fully saturated rings. The van der Waals surface area contributed by atoms with Crippen LogP contribution in [-0.2, 0) is 6.42 Å². The second-order valence-corrected chi connectivity index (χ2v) is 7.67. The molecule has 0 bridgehead atoms.